The van der Waals surface area contributed by atoms with Gasteiger partial charge in [0, 0.05) is 0 Å². The summed E-state index contributed by atoms with van der Waals surface area (Å²) in [6.45, 7) is 4.44. The van der Waals surface area contributed by atoms with Gasteiger partial charge in [0.2, 0.25) is 0 Å². The van der Waals surface area contributed by atoms with Crippen molar-refractivity contribution >= 4 is 6.29 Å². The number of carbonyl (C=O) groups is 1. The summed E-state index contributed by atoms with van der Waals surface area (Å²) < 4.78 is 0. The molecular weight excluding hydrogens is 456 g/mol. The van der Waals surface area contributed by atoms with E-state index in [-0.39, 0.29) is 6.29 Å². The fourth-order valence-electron chi connectivity index (χ4n) is 5.05. The zero-order valence-electron chi connectivity index (χ0n) is 23.6. The number of rotatable bonds is 27. The molecule has 4 atom stereocenters. The molecular formula is C30H60O6. The third kappa shape index (κ3) is 17.1. The monoisotopic (exact) mass is 516 g/mol. The third-order valence-corrected chi connectivity index (χ3v) is 7.64. The lowest BCUT2D eigenvalue weighted by Crippen LogP contribution is -2.55. The molecule has 216 valence electrons. The standard InChI is InChI=1S/C30H60O6/c1-3-5-7-9-11-13-15-17-19-21-23-30(36,29(35)28(34)27(33)26(32)25-31)24-22-20-18-16-14-12-10-8-6-4-2/h25-29,32-36H,3-24H2,1-2H3/t26-,27-,28+,29+/m1/s1. The molecule has 0 heterocycles. The van der Waals surface area contributed by atoms with Crippen LogP contribution in [0.15, 0.2) is 0 Å². The Morgan fingerprint density at radius 2 is 0.833 bits per heavy atom. The van der Waals surface area contributed by atoms with Crippen LogP contribution in [0.1, 0.15) is 155 Å². The van der Waals surface area contributed by atoms with Gasteiger partial charge in [-0.3, -0.25) is 0 Å². The van der Waals surface area contributed by atoms with Crippen molar-refractivity contribution in [2.24, 2.45) is 0 Å². The first kappa shape index (κ1) is 35.5. The Morgan fingerprint density at radius 1 is 0.528 bits per heavy atom. The van der Waals surface area contributed by atoms with E-state index in [2.05, 4.69) is 13.8 Å². The van der Waals surface area contributed by atoms with Gasteiger partial charge < -0.3 is 30.3 Å². The Hall–Kier alpha value is -0.530. The third-order valence-electron chi connectivity index (χ3n) is 7.64. The lowest BCUT2D eigenvalue weighted by molar-refractivity contribution is -0.175. The first-order valence-corrected chi connectivity index (χ1v) is 15.2. The van der Waals surface area contributed by atoms with Crippen LogP contribution in [-0.4, -0.2) is 61.8 Å². The first-order valence-electron chi connectivity index (χ1n) is 15.2. The van der Waals surface area contributed by atoms with Crippen LogP contribution < -0.4 is 0 Å². The van der Waals surface area contributed by atoms with E-state index < -0.39 is 30.0 Å². The molecule has 0 unspecified atom stereocenters. The van der Waals surface area contributed by atoms with Crippen LogP contribution in [0, 0.1) is 0 Å². The van der Waals surface area contributed by atoms with E-state index >= 15 is 0 Å². The van der Waals surface area contributed by atoms with Crippen LogP contribution in [0.3, 0.4) is 0 Å². The van der Waals surface area contributed by atoms with Crippen molar-refractivity contribution in [3.63, 3.8) is 0 Å². The predicted octanol–water partition coefficient (Wildman–Crippen LogP) is 5.98. The van der Waals surface area contributed by atoms with E-state index in [1.807, 2.05) is 0 Å². The van der Waals surface area contributed by atoms with Gasteiger partial charge in [0.05, 0.1) is 5.60 Å². The quantitative estimate of drug-likeness (QED) is 0.0677. The average Bonchev–Trinajstić information content (AvgIpc) is 2.89. The predicted molar refractivity (Wildman–Crippen MR) is 148 cm³/mol. The average molecular weight is 517 g/mol. The van der Waals surface area contributed by atoms with E-state index in [0.29, 0.717) is 12.8 Å². The lowest BCUT2D eigenvalue weighted by atomic mass is 9.81. The maximum absolute atomic E-state index is 11.3. The molecule has 36 heavy (non-hydrogen) atoms. The second kappa shape index (κ2) is 23.6. The molecule has 0 aromatic rings. The zero-order valence-corrected chi connectivity index (χ0v) is 23.6. The minimum absolute atomic E-state index is 0.129. The van der Waals surface area contributed by atoms with Gasteiger partial charge in [0.1, 0.15) is 24.4 Å². The molecule has 6 heteroatoms. The second-order valence-corrected chi connectivity index (χ2v) is 11.0. The summed E-state index contributed by atoms with van der Waals surface area (Å²) in [6.07, 6.45) is 16.9. The minimum atomic E-state index is -1.83. The fraction of sp³-hybridized carbons (Fsp3) is 0.967. The molecule has 0 spiro atoms. The van der Waals surface area contributed by atoms with E-state index in [4.69, 9.17) is 0 Å². The van der Waals surface area contributed by atoms with Crippen LogP contribution in [0.4, 0.5) is 0 Å². The van der Waals surface area contributed by atoms with Gasteiger partial charge >= 0.3 is 0 Å². The van der Waals surface area contributed by atoms with Crippen LogP contribution in [-0.2, 0) is 4.79 Å². The summed E-state index contributed by atoms with van der Waals surface area (Å²) in [5, 5.41) is 52.0. The van der Waals surface area contributed by atoms with Gasteiger partial charge in [-0.2, -0.15) is 0 Å². The summed E-state index contributed by atoms with van der Waals surface area (Å²) in [6, 6.07) is 0. The van der Waals surface area contributed by atoms with Crippen molar-refractivity contribution in [3.8, 4) is 0 Å². The molecule has 0 aliphatic rings. The van der Waals surface area contributed by atoms with Crippen molar-refractivity contribution in [2.75, 3.05) is 0 Å². The Kier molecular flexibility index (Phi) is 23.2. The molecule has 0 saturated heterocycles. The minimum Gasteiger partial charge on any atom is -0.387 e. The van der Waals surface area contributed by atoms with Gasteiger partial charge in [-0.15, -0.1) is 0 Å². The smallest absolute Gasteiger partial charge is 0.151 e. The molecule has 0 aromatic carbocycles. The van der Waals surface area contributed by atoms with Crippen molar-refractivity contribution < 1.29 is 30.3 Å². The molecule has 5 N–H and O–H groups in total. The number of hydrogen-bond acceptors (Lipinski definition) is 6. The highest BCUT2D eigenvalue weighted by molar-refractivity contribution is 5.56. The Balaban J connectivity index is 4.50. The van der Waals surface area contributed by atoms with Crippen LogP contribution in [0.5, 0.6) is 0 Å². The van der Waals surface area contributed by atoms with Gasteiger partial charge in [0.25, 0.3) is 0 Å². The zero-order chi connectivity index (χ0) is 27.1. The molecule has 0 rings (SSSR count). The molecule has 0 radical (unpaired) electrons. The summed E-state index contributed by atoms with van der Waals surface area (Å²) in [5.41, 5.74) is -1.55. The van der Waals surface area contributed by atoms with Gasteiger partial charge in [-0.1, -0.05) is 142 Å². The highest BCUT2D eigenvalue weighted by Gasteiger charge is 2.43. The van der Waals surface area contributed by atoms with Crippen LogP contribution >= 0.6 is 0 Å². The summed E-state index contributed by atoms with van der Waals surface area (Å²) in [7, 11) is 0. The maximum Gasteiger partial charge on any atom is 0.151 e. The van der Waals surface area contributed by atoms with E-state index in [0.717, 1.165) is 38.5 Å². The highest BCUT2D eigenvalue weighted by Crippen LogP contribution is 2.30. The topological polar surface area (TPSA) is 118 Å². The molecule has 0 bridgehead atoms. The molecule has 0 saturated carbocycles. The van der Waals surface area contributed by atoms with Crippen molar-refractivity contribution in [3.05, 3.63) is 0 Å². The Bertz CT molecular complexity index is 462. The number of aliphatic hydroxyl groups is 5. The SMILES string of the molecule is CCCCCCCCCCCCC(O)(CCCCCCCCCCCC)[C@@H](O)[C@@H](O)[C@H](O)[C@H](O)C=O. The van der Waals surface area contributed by atoms with Crippen molar-refractivity contribution in [1.29, 1.82) is 0 Å². The highest BCUT2D eigenvalue weighted by atomic mass is 16.4. The van der Waals surface area contributed by atoms with Crippen LogP contribution in [0.25, 0.3) is 0 Å². The molecule has 0 fully saturated rings. The van der Waals surface area contributed by atoms with Crippen LogP contribution in [0.2, 0.25) is 0 Å². The first-order chi connectivity index (χ1) is 17.3. The van der Waals surface area contributed by atoms with Crippen molar-refractivity contribution in [2.45, 2.75) is 185 Å². The summed E-state index contributed by atoms with van der Waals surface area (Å²) >= 11 is 0. The molecule has 6 nitrogen and oxygen atoms in total. The summed E-state index contributed by atoms with van der Waals surface area (Å²) in [5.74, 6) is 0. The fourth-order valence-corrected chi connectivity index (χ4v) is 5.05. The normalized spacial score (nSPS) is 15.5. The van der Waals surface area contributed by atoms with E-state index in [9.17, 15) is 30.3 Å². The molecule has 0 aliphatic carbocycles. The second-order valence-electron chi connectivity index (χ2n) is 11.0. The van der Waals surface area contributed by atoms with Gasteiger partial charge in [0.15, 0.2) is 6.29 Å². The lowest BCUT2D eigenvalue weighted by Gasteiger charge is -2.37. The Morgan fingerprint density at radius 3 is 1.14 bits per heavy atom. The number of carbonyl (C=O) groups excluding carboxylic acids is 1. The number of hydrogen-bond donors (Lipinski definition) is 5. The molecule has 0 amide bonds. The summed E-state index contributed by atoms with van der Waals surface area (Å²) in [4.78, 5) is 10.8. The maximum atomic E-state index is 11.3. The van der Waals surface area contributed by atoms with E-state index in [1.165, 1.54) is 89.9 Å². The number of unbranched alkanes of at least 4 members (excludes halogenated alkanes) is 18. The number of aliphatic hydroxyl groups excluding tert-OH is 4. The van der Waals surface area contributed by atoms with Gasteiger partial charge in [-0.25, -0.2) is 0 Å². The number of aldehydes is 1. The Labute approximate surface area is 221 Å². The van der Waals surface area contributed by atoms with E-state index in [1.54, 1.807) is 0 Å². The van der Waals surface area contributed by atoms with Gasteiger partial charge in [-0.05, 0) is 12.8 Å². The van der Waals surface area contributed by atoms with Crippen molar-refractivity contribution in [1.82, 2.24) is 0 Å². The molecule has 0 aliphatic heterocycles. The molecule has 0 aromatic heterocycles. The largest absolute Gasteiger partial charge is 0.387 e.